The molecule has 0 bridgehead atoms. The van der Waals surface area contributed by atoms with Gasteiger partial charge < -0.3 is 4.57 Å². The molecule has 1 aromatic heterocycles. The van der Waals surface area contributed by atoms with E-state index in [1.807, 2.05) is 25.3 Å². The number of hydrogen-bond acceptors (Lipinski definition) is 2. The number of aromatic nitrogens is 1. The number of halogens is 1. The van der Waals surface area contributed by atoms with Gasteiger partial charge in [-0.1, -0.05) is 0 Å². The molecule has 1 aliphatic heterocycles. The lowest BCUT2D eigenvalue weighted by Gasteiger charge is -2.20. The van der Waals surface area contributed by atoms with Crippen molar-refractivity contribution in [2.75, 3.05) is 6.54 Å². The third-order valence-corrected chi connectivity index (χ3v) is 5.95. The predicted octanol–water partition coefficient (Wildman–Crippen LogP) is 2.98. The molecular formula is C13H21ClN2O2S. The Morgan fingerprint density at radius 1 is 1.47 bits per heavy atom. The molecule has 2 heterocycles. The van der Waals surface area contributed by atoms with Crippen molar-refractivity contribution in [2.24, 2.45) is 0 Å². The number of nitrogens with zero attached hydrogens (tertiary/aromatic N) is 2. The summed E-state index contributed by atoms with van der Waals surface area (Å²) in [7, 11) is -3.38. The smallest absolute Gasteiger partial charge is 0.244 e. The van der Waals surface area contributed by atoms with Gasteiger partial charge in [-0.25, -0.2) is 8.42 Å². The van der Waals surface area contributed by atoms with Gasteiger partial charge in [0.25, 0.3) is 0 Å². The highest BCUT2D eigenvalue weighted by Gasteiger charge is 2.33. The molecule has 0 aliphatic carbocycles. The summed E-state index contributed by atoms with van der Waals surface area (Å²) in [5.41, 5.74) is 0.849. The molecular weight excluding hydrogens is 284 g/mol. The van der Waals surface area contributed by atoms with E-state index in [4.69, 9.17) is 11.6 Å². The Kier molecular flexibility index (Phi) is 4.28. The van der Waals surface area contributed by atoms with Gasteiger partial charge in [0.1, 0.15) is 4.90 Å². The molecule has 108 valence electrons. The van der Waals surface area contributed by atoms with Gasteiger partial charge in [0.2, 0.25) is 10.0 Å². The zero-order valence-corrected chi connectivity index (χ0v) is 13.2. The summed E-state index contributed by atoms with van der Waals surface area (Å²) in [5.74, 6) is 0.323. The van der Waals surface area contributed by atoms with Crippen LogP contribution < -0.4 is 0 Å². The molecule has 1 fully saturated rings. The van der Waals surface area contributed by atoms with Crippen LogP contribution >= 0.6 is 11.6 Å². The molecule has 0 saturated carbocycles. The lowest BCUT2D eigenvalue weighted by atomic mass is 10.3. The molecule has 2 rings (SSSR count). The molecule has 1 aromatic rings. The van der Waals surface area contributed by atoms with Gasteiger partial charge in [-0.05, 0) is 39.7 Å². The minimum atomic E-state index is -3.38. The lowest BCUT2D eigenvalue weighted by Crippen LogP contribution is -2.33. The van der Waals surface area contributed by atoms with Gasteiger partial charge in [-0.2, -0.15) is 4.31 Å². The van der Waals surface area contributed by atoms with Crippen LogP contribution in [0.3, 0.4) is 0 Å². The number of alkyl halides is 1. The van der Waals surface area contributed by atoms with Crippen LogP contribution in [0.2, 0.25) is 0 Å². The van der Waals surface area contributed by atoms with Crippen LogP contribution in [-0.2, 0) is 15.9 Å². The summed E-state index contributed by atoms with van der Waals surface area (Å²) in [6, 6.07) is 1.99. The standard InChI is InChI=1S/C13H21ClN2O2S/c1-10(2)15-9-13(7-12(15)8-14)19(17,18)16-6-4-5-11(16)3/h7,9-11H,4-6,8H2,1-3H3. The monoisotopic (exact) mass is 304 g/mol. The molecule has 1 saturated heterocycles. The maximum atomic E-state index is 12.6. The van der Waals surface area contributed by atoms with Gasteiger partial charge >= 0.3 is 0 Å². The SMILES string of the molecule is CC1CCCN1S(=O)(=O)c1cc(CCl)n(C(C)C)c1. The molecule has 0 radical (unpaired) electrons. The number of sulfonamides is 1. The van der Waals surface area contributed by atoms with Crippen molar-refractivity contribution >= 4 is 21.6 Å². The lowest BCUT2D eigenvalue weighted by molar-refractivity contribution is 0.408. The summed E-state index contributed by atoms with van der Waals surface area (Å²) < 4.78 is 28.8. The molecule has 1 atom stereocenters. The maximum Gasteiger partial charge on any atom is 0.244 e. The van der Waals surface area contributed by atoms with Crippen LogP contribution in [0.5, 0.6) is 0 Å². The van der Waals surface area contributed by atoms with Crippen molar-refractivity contribution < 1.29 is 8.42 Å². The third-order valence-electron chi connectivity index (χ3n) is 3.70. The van der Waals surface area contributed by atoms with E-state index in [1.54, 1.807) is 16.6 Å². The third kappa shape index (κ3) is 2.69. The second kappa shape index (κ2) is 5.46. The van der Waals surface area contributed by atoms with Crippen molar-refractivity contribution in [3.63, 3.8) is 0 Å². The van der Waals surface area contributed by atoms with Crippen LogP contribution in [0.15, 0.2) is 17.2 Å². The molecule has 0 N–H and O–H groups in total. The second-order valence-electron chi connectivity index (χ2n) is 5.41. The Morgan fingerprint density at radius 3 is 2.58 bits per heavy atom. The van der Waals surface area contributed by atoms with Crippen molar-refractivity contribution in [1.29, 1.82) is 0 Å². The molecule has 6 heteroatoms. The first kappa shape index (κ1) is 14.9. The van der Waals surface area contributed by atoms with E-state index in [1.165, 1.54) is 0 Å². The number of hydrogen-bond donors (Lipinski definition) is 0. The minimum absolute atomic E-state index is 0.0897. The van der Waals surface area contributed by atoms with Gasteiger partial charge in [-0.3, -0.25) is 0 Å². The Morgan fingerprint density at radius 2 is 2.16 bits per heavy atom. The van der Waals surface area contributed by atoms with Gasteiger partial charge in [-0.15, -0.1) is 11.6 Å². The quantitative estimate of drug-likeness (QED) is 0.803. The largest absolute Gasteiger partial charge is 0.346 e. The Labute approximate surface area is 120 Å². The molecule has 4 nitrogen and oxygen atoms in total. The van der Waals surface area contributed by atoms with E-state index < -0.39 is 10.0 Å². The average Bonchev–Trinajstić information content (AvgIpc) is 2.94. The highest BCUT2D eigenvalue weighted by atomic mass is 35.5. The zero-order chi connectivity index (χ0) is 14.2. The van der Waals surface area contributed by atoms with Crippen LogP contribution in [0, 0.1) is 0 Å². The molecule has 1 aliphatic rings. The first-order valence-electron chi connectivity index (χ1n) is 6.66. The van der Waals surface area contributed by atoms with E-state index in [2.05, 4.69) is 0 Å². The van der Waals surface area contributed by atoms with Crippen LogP contribution in [0.1, 0.15) is 45.3 Å². The second-order valence-corrected chi connectivity index (χ2v) is 7.57. The van der Waals surface area contributed by atoms with Crippen molar-refractivity contribution in [2.45, 2.75) is 56.5 Å². The Hall–Kier alpha value is -0.520. The van der Waals surface area contributed by atoms with E-state index in [0.717, 1.165) is 18.5 Å². The first-order chi connectivity index (χ1) is 8.87. The Bertz CT molecular complexity index is 551. The molecule has 1 unspecified atom stereocenters. The molecule has 0 aromatic carbocycles. The van der Waals surface area contributed by atoms with Crippen LogP contribution in [0.25, 0.3) is 0 Å². The van der Waals surface area contributed by atoms with Gasteiger partial charge in [0.15, 0.2) is 0 Å². The highest BCUT2D eigenvalue weighted by Crippen LogP contribution is 2.28. The zero-order valence-electron chi connectivity index (χ0n) is 11.6. The summed E-state index contributed by atoms with van der Waals surface area (Å²) in [5, 5.41) is 0. The fraction of sp³-hybridized carbons (Fsp3) is 0.692. The molecule has 19 heavy (non-hydrogen) atoms. The summed E-state index contributed by atoms with van der Waals surface area (Å²) >= 11 is 5.90. The summed E-state index contributed by atoms with van der Waals surface area (Å²) in [4.78, 5) is 0.366. The molecule has 0 amide bonds. The first-order valence-corrected chi connectivity index (χ1v) is 8.64. The van der Waals surface area contributed by atoms with E-state index >= 15 is 0 Å². The predicted molar refractivity (Wildman–Crippen MR) is 77.0 cm³/mol. The normalized spacial score (nSPS) is 21.4. The van der Waals surface area contributed by atoms with Gasteiger partial charge in [0.05, 0.1) is 5.88 Å². The van der Waals surface area contributed by atoms with Crippen molar-refractivity contribution in [1.82, 2.24) is 8.87 Å². The molecule has 0 spiro atoms. The van der Waals surface area contributed by atoms with E-state index in [-0.39, 0.29) is 12.1 Å². The van der Waals surface area contributed by atoms with E-state index in [9.17, 15) is 8.42 Å². The highest BCUT2D eigenvalue weighted by molar-refractivity contribution is 7.89. The summed E-state index contributed by atoms with van der Waals surface area (Å²) in [6.45, 7) is 6.62. The van der Waals surface area contributed by atoms with Crippen LogP contribution in [-0.4, -0.2) is 29.9 Å². The average molecular weight is 305 g/mol. The number of rotatable bonds is 4. The maximum absolute atomic E-state index is 12.6. The fourth-order valence-corrected chi connectivity index (χ4v) is 4.59. The topological polar surface area (TPSA) is 42.3 Å². The van der Waals surface area contributed by atoms with Gasteiger partial charge in [0, 0.05) is 30.5 Å². The van der Waals surface area contributed by atoms with Crippen LogP contribution in [0.4, 0.5) is 0 Å². The van der Waals surface area contributed by atoms with E-state index in [0.29, 0.717) is 17.3 Å². The fourth-order valence-electron chi connectivity index (χ4n) is 2.62. The summed E-state index contributed by atoms with van der Waals surface area (Å²) in [6.07, 6.45) is 3.59. The van der Waals surface area contributed by atoms with Crippen molar-refractivity contribution in [3.05, 3.63) is 18.0 Å². The Balaban J connectivity index is 2.41. The minimum Gasteiger partial charge on any atom is -0.346 e. The van der Waals surface area contributed by atoms with Crippen molar-refractivity contribution in [3.8, 4) is 0 Å².